The number of nitrogens with zero attached hydrogens (tertiary/aromatic N) is 3. The number of rotatable bonds is 5. The SMILES string of the molecule is C[C@@H]1[C@@H](NC(=O)[C@H]2NO[C@@H](CN=[N+]=[N-])[C@H]2[C@H](C)O)C[C@@H]2C[C@@H]1C2(C)C. The number of aliphatic hydroxyl groups is 1. The van der Waals surface area contributed by atoms with Crippen molar-refractivity contribution in [1.82, 2.24) is 10.8 Å². The van der Waals surface area contributed by atoms with Gasteiger partial charge in [0.1, 0.15) is 6.04 Å². The van der Waals surface area contributed by atoms with Crippen molar-refractivity contribution in [2.24, 2.45) is 34.2 Å². The number of amides is 1. The van der Waals surface area contributed by atoms with Gasteiger partial charge in [-0.3, -0.25) is 9.63 Å². The van der Waals surface area contributed by atoms with Crippen molar-refractivity contribution >= 4 is 5.91 Å². The molecule has 8 heteroatoms. The summed E-state index contributed by atoms with van der Waals surface area (Å²) in [5.74, 6) is 1.16. The summed E-state index contributed by atoms with van der Waals surface area (Å²) in [5.41, 5.74) is 11.6. The molecule has 0 spiro atoms. The van der Waals surface area contributed by atoms with Crippen LogP contribution in [-0.2, 0) is 9.63 Å². The molecular formula is C17H29N5O3. The number of aliphatic hydroxyl groups excluding tert-OH is 1. The molecule has 2 bridgehead atoms. The van der Waals surface area contributed by atoms with Crippen molar-refractivity contribution in [2.75, 3.05) is 6.54 Å². The second-order valence-electron chi connectivity index (χ2n) is 8.55. The first-order valence-corrected chi connectivity index (χ1v) is 9.17. The van der Waals surface area contributed by atoms with Gasteiger partial charge < -0.3 is 10.4 Å². The van der Waals surface area contributed by atoms with Crippen LogP contribution in [-0.4, -0.2) is 41.9 Å². The van der Waals surface area contributed by atoms with Crippen LogP contribution in [0, 0.1) is 29.1 Å². The second kappa shape index (κ2) is 6.76. The van der Waals surface area contributed by atoms with Crippen molar-refractivity contribution in [2.45, 2.75) is 64.8 Å². The summed E-state index contributed by atoms with van der Waals surface area (Å²) in [7, 11) is 0. The van der Waals surface area contributed by atoms with Crippen LogP contribution in [0.5, 0.6) is 0 Å². The third-order valence-corrected chi connectivity index (χ3v) is 7.01. The molecule has 0 radical (unpaired) electrons. The molecule has 1 aliphatic heterocycles. The Labute approximate surface area is 148 Å². The fourth-order valence-electron chi connectivity index (χ4n) is 5.24. The third kappa shape index (κ3) is 3.12. The highest BCUT2D eigenvalue weighted by atomic mass is 16.7. The summed E-state index contributed by atoms with van der Waals surface area (Å²) < 4.78 is 0. The smallest absolute Gasteiger partial charge is 0.240 e. The van der Waals surface area contributed by atoms with Crippen molar-refractivity contribution in [3.05, 3.63) is 10.4 Å². The van der Waals surface area contributed by atoms with E-state index < -0.39 is 24.2 Å². The van der Waals surface area contributed by atoms with Gasteiger partial charge in [-0.1, -0.05) is 25.9 Å². The Bertz CT molecular complexity index is 575. The van der Waals surface area contributed by atoms with E-state index in [-0.39, 0.29) is 18.5 Å². The number of nitrogens with one attached hydrogen (secondary N) is 2. The lowest BCUT2D eigenvalue weighted by Crippen LogP contribution is -2.62. The highest BCUT2D eigenvalue weighted by Crippen LogP contribution is 2.61. The van der Waals surface area contributed by atoms with Crippen LogP contribution in [0.25, 0.3) is 10.4 Å². The molecule has 4 rings (SSSR count). The molecular weight excluding hydrogens is 322 g/mol. The molecule has 4 fully saturated rings. The third-order valence-electron chi connectivity index (χ3n) is 7.01. The Kier molecular flexibility index (Phi) is 4.99. The van der Waals surface area contributed by atoms with Crippen LogP contribution in [0.2, 0.25) is 0 Å². The molecule has 1 saturated heterocycles. The van der Waals surface area contributed by atoms with Crippen LogP contribution in [0.1, 0.15) is 40.5 Å². The van der Waals surface area contributed by atoms with Crippen LogP contribution < -0.4 is 10.8 Å². The van der Waals surface area contributed by atoms with Crippen molar-refractivity contribution in [3.8, 4) is 0 Å². The number of hydroxylamine groups is 1. The molecule has 0 aromatic heterocycles. The zero-order valence-corrected chi connectivity index (χ0v) is 15.3. The molecule has 0 unspecified atom stereocenters. The summed E-state index contributed by atoms with van der Waals surface area (Å²) >= 11 is 0. The standard InChI is InChI=1S/C17H29N5O3/c1-8-11-5-10(17(11,3)4)6-12(8)20-16(24)15-14(9(2)23)13(25-21-15)7-19-22-18/h8-15,21,23H,5-7H2,1-4H3,(H,20,24)/t8-,9-,10-,11-,12-,13-,14+,15-/m0/s1. The molecule has 3 N–H and O–H groups in total. The Morgan fingerprint density at radius 2 is 2.24 bits per heavy atom. The average Bonchev–Trinajstić information content (AvgIpc) is 2.98. The number of fused-ring (bicyclic) bond motifs is 2. The van der Waals surface area contributed by atoms with Gasteiger partial charge in [-0.25, -0.2) is 0 Å². The lowest BCUT2D eigenvalue weighted by Gasteiger charge is -2.62. The summed E-state index contributed by atoms with van der Waals surface area (Å²) in [6.45, 7) is 8.60. The fraction of sp³-hybridized carbons (Fsp3) is 0.941. The number of azide groups is 1. The Morgan fingerprint density at radius 3 is 2.80 bits per heavy atom. The zero-order valence-electron chi connectivity index (χ0n) is 15.3. The predicted molar refractivity (Wildman–Crippen MR) is 92.1 cm³/mol. The Morgan fingerprint density at radius 1 is 1.52 bits per heavy atom. The molecule has 0 aromatic carbocycles. The zero-order chi connectivity index (χ0) is 18.4. The maximum atomic E-state index is 12.8. The van der Waals surface area contributed by atoms with E-state index in [1.54, 1.807) is 6.92 Å². The molecule has 25 heavy (non-hydrogen) atoms. The highest BCUT2D eigenvalue weighted by molar-refractivity contribution is 5.82. The quantitative estimate of drug-likeness (QED) is 0.397. The first-order valence-electron chi connectivity index (χ1n) is 9.17. The summed E-state index contributed by atoms with van der Waals surface area (Å²) in [6, 6.07) is -0.478. The number of carbonyl (C=O) groups is 1. The van der Waals surface area contributed by atoms with Crippen molar-refractivity contribution in [1.29, 1.82) is 0 Å². The minimum Gasteiger partial charge on any atom is -0.393 e. The van der Waals surface area contributed by atoms with Gasteiger partial charge in [0.05, 0.1) is 18.8 Å². The molecule has 8 nitrogen and oxygen atoms in total. The average molecular weight is 351 g/mol. The van der Waals surface area contributed by atoms with Crippen LogP contribution >= 0.6 is 0 Å². The van der Waals surface area contributed by atoms with Crippen LogP contribution in [0.15, 0.2) is 5.11 Å². The predicted octanol–water partition coefficient (Wildman–Crippen LogP) is 1.75. The minimum absolute atomic E-state index is 0.0843. The largest absolute Gasteiger partial charge is 0.393 e. The lowest BCUT2D eigenvalue weighted by atomic mass is 9.45. The van der Waals surface area contributed by atoms with Gasteiger partial charge in [0.2, 0.25) is 5.91 Å². The Balaban J connectivity index is 1.64. The normalized spacial score (nSPS) is 42.8. The molecule has 140 valence electrons. The summed E-state index contributed by atoms with van der Waals surface area (Å²) in [6.07, 6.45) is 1.00. The summed E-state index contributed by atoms with van der Waals surface area (Å²) in [5, 5.41) is 16.8. The van der Waals surface area contributed by atoms with E-state index in [4.69, 9.17) is 10.4 Å². The minimum atomic E-state index is -0.749. The first kappa shape index (κ1) is 18.5. The summed E-state index contributed by atoms with van der Waals surface area (Å²) in [4.78, 5) is 20.9. The van der Waals surface area contributed by atoms with Gasteiger partial charge in [0, 0.05) is 16.9 Å². The van der Waals surface area contributed by atoms with Gasteiger partial charge in [0.25, 0.3) is 0 Å². The van der Waals surface area contributed by atoms with Crippen molar-refractivity contribution in [3.63, 3.8) is 0 Å². The molecule has 4 aliphatic rings. The lowest BCUT2D eigenvalue weighted by molar-refractivity contribution is -0.137. The molecule has 0 aromatic rings. The van der Waals surface area contributed by atoms with Gasteiger partial charge in [-0.2, -0.15) is 5.48 Å². The van der Waals surface area contributed by atoms with Crippen LogP contribution in [0.4, 0.5) is 0 Å². The second-order valence-corrected chi connectivity index (χ2v) is 8.55. The van der Waals surface area contributed by atoms with E-state index in [1.807, 2.05) is 0 Å². The van der Waals surface area contributed by atoms with E-state index in [0.717, 1.165) is 6.42 Å². The van der Waals surface area contributed by atoms with Gasteiger partial charge in [-0.15, -0.1) is 0 Å². The van der Waals surface area contributed by atoms with E-state index in [1.165, 1.54) is 6.42 Å². The topological polar surface area (TPSA) is 119 Å². The number of carbonyl (C=O) groups excluding carboxylic acids is 1. The fourth-order valence-corrected chi connectivity index (χ4v) is 5.24. The maximum absolute atomic E-state index is 12.8. The van der Waals surface area contributed by atoms with E-state index in [9.17, 15) is 9.90 Å². The number of hydrogen-bond acceptors (Lipinski definition) is 5. The molecule has 3 aliphatic carbocycles. The molecule has 1 amide bonds. The van der Waals surface area contributed by atoms with Crippen LogP contribution in [0.3, 0.4) is 0 Å². The molecule has 3 saturated carbocycles. The monoisotopic (exact) mass is 351 g/mol. The van der Waals surface area contributed by atoms with E-state index >= 15 is 0 Å². The van der Waals surface area contributed by atoms with E-state index in [0.29, 0.717) is 23.2 Å². The van der Waals surface area contributed by atoms with Gasteiger partial charge in [-0.05, 0) is 48.5 Å². The van der Waals surface area contributed by atoms with Crippen molar-refractivity contribution < 1.29 is 14.7 Å². The first-order chi connectivity index (χ1) is 11.8. The Hall–Kier alpha value is -1.34. The highest BCUT2D eigenvalue weighted by Gasteiger charge is 2.56. The van der Waals surface area contributed by atoms with Gasteiger partial charge >= 0.3 is 0 Å². The van der Waals surface area contributed by atoms with E-state index in [2.05, 4.69) is 41.6 Å². The number of hydrogen-bond donors (Lipinski definition) is 3. The molecule has 1 heterocycles. The molecule has 8 atom stereocenters. The van der Waals surface area contributed by atoms with Gasteiger partial charge in [0.15, 0.2) is 0 Å². The maximum Gasteiger partial charge on any atom is 0.240 e.